The number of carbonyl (C=O) groups is 1. The van der Waals surface area contributed by atoms with E-state index in [1.165, 1.54) is 17.6 Å². The van der Waals surface area contributed by atoms with E-state index in [4.69, 9.17) is 0 Å². The van der Waals surface area contributed by atoms with E-state index < -0.39 is 0 Å². The van der Waals surface area contributed by atoms with E-state index in [1.54, 1.807) is 17.5 Å². The van der Waals surface area contributed by atoms with Crippen molar-refractivity contribution in [1.29, 1.82) is 0 Å². The van der Waals surface area contributed by atoms with Crippen molar-refractivity contribution in [3.05, 3.63) is 64.1 Å². The number of benzene rings is 1. The molecule has 1 aromatic carbocycles. The summed E-state index contributed by atoms with van der Waals surface area (Å²) in [6.45, 7) is 0. The number of para-hydroxylation sites is 1. The Hall–Kier alpha value is -2.77. The van der Waals surface area contributed by atoms with Gasteiger partial charge >= 0.3 is 0 Å². The van der Waals surface area contributed by atoms with Gasteiger partial charge in [-0.3, -0.25) is 4.79 Å². The Bertz CT molecular complexity index is 1000. The molecule has 3 aromatic heterocycles. The lowest BCUT2D eigenvalue weighted by Gasteiger charge is -2.01. The zero-order valence-electron chi connectivity index (χ0n) is 12.4. The van der Waals surface area contributed by atoms with Crippen molar-refractivity contribution in [2.24, 2.45) is 5.10 Å². The number of rotatable bonds is 4. The van der Waals surface area contributed by atoms with Crippen LogP contribution in [0.15, 0.2) is 58.5 Å². The van der Waals surface area contributed by atoms with Gasteiger partial charge in [0.15, 0.2) is 0 Å². The molecule has 0 spiro atoms. The molecule has 0 aliphatic rings. The molecule has 7 heteroatoms. The number of thiophene rings is 1. The Morgan fingerprint density at radius 3 is 2.88 bits per heavy atom. The molecule has 1 amide bonds. The lowest BCUT2D eigenvalue weighted by atomic mass is 10.1. The predicted molar refractivity (Wildman–Crippen MR) is 98.8 cm³/mol. The molecule has 5 nitrogen and oxygen atoms in total. The number of carbonyl (C=O) groups excluding carboxylic acids is 1. The summed E-state index contributed by atoms with van der Waals surface area (Å²) in [6, 6.07) is 11.9. The second-order valence-corrected chi connectivity index (χ2v) is 6.84. The minimum Gasteiger partial charge on any atom is -0.350 e. The smallest absolute Gasteiger partial charge is 0.288 e. The molecule has 24 heavy (non-hydrogen) atoms. The van der Waals surface area contributed by atoms with Crippen LogP contribution in [0.2, 0.25) is 0 Å². The van der Waals surface area contributed by atoms with Crippen LogP contribution in [0.3, 0.4) is 0 Å². The molecule has 0 fully saturated rings. The van der Waals surface area contributed by atoms with Crippen molar-refractivity contribution in [3.63, 3.8) is 0 Å². The third kappa shape index (κ3) is 2.75. The van der Waals surface area contributed by atoms with Gasteiger partial charge in [0.1, 0.15) is 10.7 Å². The lowest BCUT2D eigenvalue weighted by molar-refractivity contribution is 0.0951. The zero-order valence-corrected chi connectivity index (χ0v) is 14.0. The monoisotopic (exact) mass is 352 g/mol. The molecule has 4 rings (SSSR count). The number of H-pyrrole nitrogens is 1. The van der Waals surface area contributed by atoms with Gasteiger partial charge in [-0.15, -0.1) is 22.7 Å². The number of amides is 1. The van der Waals surface area contributed by atoms with Crippen molar-refractivity contribution in [2.45, 2.75) is 0 Å². The van der Waals surface area contributed by atoms with Crippen LogP contribution in [0.25, 0.3) is 21.3 Å². The minimum absolute atomic E-state index is 0.276. The number of hydrogen-bond donors (Lipinski definition) is 2. The molecular formula is C17H12N4OS2. The van der Waals surface area contributed by atoms with Gasteiger partial charge in [-0.05, 0) is 17.5 Å². The van der Waals surface area contributed by atoms with E-state index >= 15 is 0 Å². The van der Waals surface area contributed by atoms with Crippen molar-refractivity contribution in [2.75, 3.05) is 0 Å². The fourth-order valence-corrected chi connectivity index (χ4v) is 3.78. The molecule has 0 bridgehead atoms. The molecule has 2 N–H and O–H groups in total. The van der Waals surface area contributed by atoms with Gasteiger partial charge in [-0.25, -0.2) is 10.4 Å². The summed E-state index contributed by atoms with van der Waals surface area (Å²) < 4.78 is 0. The number of aromatic nitrogens is 2. The predicted octanol–water partition coefficient (Wildman–Crippen LogP) is 4.12. The van der Waals surface area contributed by atoms with Gasteiger partial charge in [0, 0.05) is 32.9 Å². The third-order valence-electron chi connectivity index (χ3n) is 3.49. The number of thiazole rings is 1. The van der Waals surface area contributed by atoms with Crippen LogP contribution < -0.4 is 5.43 Å². The summed E-state index contributed by atoms with van der Waals surface area (Å²) in [5.74, 6) is -0.276. The first-order valence-electron chi connectivity index (χ1n) is 7.20. The normalized spacial score (nSPS) is 11.3. The maximum atomic E-state index is 12.6. The molecular weight excluding hydrogens is 340 g/mol. The highest BCUT2D eigenvalue weighted by molar-refractivity contribution is 7.13. The van der Waals surface area contributed by atoms with Crippen LogP contribution in [0.4, 0.5) is 0 Å². The molecule has 0 unspecified atom stereocenters. The number of fused-ring (bicyclic) bond motifs is 1. The van der Waals surface area contributed by atoms with E-state index in [1.807, 2.05) is 47.2 Å². The van der Waals surface area contributed by atoms with Gasteiger partial charge in [0.25, 0.3) is 5.91 Å². The number of nitrogens with one attached hydrogen (secondary N) is 2. The minimum atomic E-state index is -0.276. The highest BCUT2D eigenvalue weighted by Gasteiger charge is 2.19. The molecule has 0 aliphatic heterocycles. The first-order chi connectivity index (χ1) is 11.8. The Morgan fingerprint density at radius 2 is 2.08 bits per heavy atom. The number of aromatic amines is 1. The zero-order chi connectivity index (χ0) is 16.4. The standard InChI is InChI=1S/C17H12N4OS2/c22-17(21-19-10-14-18-7-9-24-14)16-15(13-6-3-8-23-13)11-4-1-2-5-12(11)20-16/h1-10,20H,(H,21,22)/b19-10-. The fourth-order valence-electron chi connectivity index (χ4n) is 2.49. The highest BCUT2D eigenvalue weighted by Crippen LogP contribution is 2.35. The topological polar surface area (TPSA) is 70.1 Å². The van der Waals surface area contributed by atoms with Crippen LogP contribution in [0, 0.1) is 0 Å². The lowest BCUT2D eigenvalue weighted by Crippen LogP contribution is -2.18. The number of hydrazone groups is 1. The first kappa shape index (κ1) is 14.8. The Balaban J connectivity index is 1.70. The number of hydrogen-bond acceptors (Lipinski definition) is 5. The molecule has 4 aromatic rings. The van der Waals surface area contributed by atoms with Crippen LogP contribution in [0.5, 0.6) is 0 Å². The van der Waals surface area contributed by atoms with Crippen LogP contribution in [-0.4, -0.2) is 22.1 Å². The highest BCUT2D eigenvalue weighted by atomic mass is 32.1. The molecule has 0 radical (unpaired) electrons. The molecule has 3 heterocycles. The van der Waals surface area contributed by atoms with Crippen LogP contribution in [-0.2, 0) is 0 Å². The summed E-state index contributed by atoms with van der Waals surface area (Å²) in [5, 5.41) is 9.61. The Morgan fingerprint density at radius 1 is 1.17 bits per heavy atom. The fraction of sp³-hybridized carbons (Fsp3) is 0. The third-order valence-corrected chi connectivity index (χ3v) is 5.09. The van der Waals surface area contributed by atoms with E-state index in [-0.39, 0.29) is 5.91 Å². The van der Waals surface area contributed by atoms with Gasteiger partial charge in [0.2, 0.25) is 0 Å². The maximum absolute atomic E-state index is 12.6. The second-order valence-electron chi connectivity index (χ2n) is 4.97. The summed E-state index contributed by atoms with van der Waals surface area (Å²) in [5.41, 5.74) is 4.91. The largest absolute Gasteiger partial charge is 0.350 e. The van der Waals surface area contributed by atoms with Gasteiger partial charge < -0.3 is 4.98 Å². The quantitative estimate of drug-likeness (QED) is 0.428. The Labute approximate surface area is 145 Å². The second kappa shape index (κ2) is 6.38. The van der Waals surface area contributed by atoms with Gasteiger partial charge in [0.05, 0.1) is 6.21 Å². The molecule has 0 aliphatic carbocycles. The average Bonchev–Trinajstić information content (AvgIpc) is 3.34. The van der Waals surface area contributed by atoms with Crippen molar-refractivity contribution < 1.29 is 4.79 Å². The van der Waals surface area contributed by atoms with E-state index in [9.17, 15) is 4.79 Å². The van der Waals surface area contributed by atoms with Crippen LogP contribution >= 0.6 is 22.7 Å². The van der Waals surface area contributed by atoms with Crippen molar-refractivity contribution in [1.82, 2.24) is 15.4 Å². The van der Waals surface area contributed by atoms with E-state index in [2.05, 4.69) is 20.5 Å². The Kier molecular flexibility index (Phi) is 3.94. The number of nitrogens with zero attached hydrogens (tertiary/aromatic N) is 2. The average molecular weight is 352 g/mol. The molecule has 0 saturated heterocycles. The maximum Gasteiger partial charge on any atom is 0.288 e. The van der Waals surface area contributed by atoms with E-state index in [0.717, 1.165) is 26.4 Å². The van der Waals surface area contributed by atoms with Crippen LogP contribution in [0.1, 0.15) is 15.5 Å². The summed E-state index contributed by atoms with van der Waals surface area (Å²) >= 11 is 3.06. The summed E-state index contributed by atoms with van der Waals surface area (Å²) in [7, 11) is 0. The SMILES string of the molecule is O=C(N/N=C\c1nccs1)c1[nH]c2ccccc2c1-c1cccs1. The molecule has 0 saturated carbocycles. The summed E-state index contributed by atoms with van der Waals surface area (Å²) in [4.78, 5) is 20.9. The molecule has 0 atom stereocenters. The van der Waals surface area contributed by atoms with Gasteiger partial charge in [-0.2, -0.15) is 5.10 Å². The van der Waals surface area contributed by atoms with Crippen molar-refractivity contribution in [3.8, 4) is 10.4 Å². The first-order valence-corrected chi connectivity index (χ1v) is 8.96. The van der Waals surface area contributed by atoms with Gasteiger partial charge in [-0.1, -0.05) is 24.3 Å². The van der Waals surface area contributed by atoms with Crippen molar-refractivity contribution >= 4 is 45.7 Å². The molecule has 118 valence electrons. The van der Waals surface area contributed by atoms with E-state index in [0.29, 0.717) is 5.69 Å². The summed E-state index contributed by atoms with van der Waals surface area (Å²) in [6.07, 6.45) is 3.23.